The van der Waals surface area contributed by atoms with Crippen LogP contribution in [0.5, 0.6) is 5.75 Å². The number of nitrogens with one attached hydrogen (secondary N) is 2. The largest absolute Gasteiger partial charge is 0.497 e. The summed E-state index contributed by atoms with van der Waals surface area (Å²) in [5.41, 5.74) is 2.05. The lowest BCUT2D eigenvalue weighted by Crippen LogP contribution is -2.32. The average molecular weight is 318 g/mol. The van der Waals surface area contributed by atoms with Crippen molar-refractivity contribution in [3.8, 4) is 5.75 Å². The van der Waals surface area contributed by atoms with Crippen molar-refractivity contribution in [2.45, 2.75) is 13.0 Å². The second-order valence-electron chi connectivity index (χ2n) is 5.08. The summed E-state index contributed by atoms with van der Waals surface area (Å²) in [6.07, 6.45) is -0.904. The molecule has 3 N–H and O–H groups in total. The Morgan fingerprint density at radius 1 is 1.26 bits per heavy atom. The van der Waals surface area contributed by atoms with Gasteiger partial charge in [-0.2, -0.15) is 0 Å². The Morgan fingerprint density at radius 3 is 2.57 bits per heavy atom. The van der Waals surface area contributed by atoms with E-state index in [9.17, 15) is 14.3 Å². The van der Waals surface area contributed by atoms with Crippen LogP contribution in [0.3, 0.4) is 0 Å². The van der Waals surface area contributed by atoms with Crippen molar-refractivity contribution in [2.75, 3.05) is 19.0 Å². The van der Waals surface area contributed by atoms with Crippen LogP contribution in [-0.4, -0.2) is 24.8 Å². The van der Waals surface area contributed by atoms with Gasteiger partial charge in [-0.3, -0.25) is 0 Å². The molecule has 2 aromatic carbocycles. The molecule has 0 aliphatic carbocycles. The third kappa shape index (κ3) is 4.69. The Balaban J connectivity index is 1.88. The minimum Gasteiger partial charge on any atom is -0.497 e. The molecule has 0 saturated carbocycles. The number of benzene rings is 2. The van der Waals surface area contributed by atoms with Gasteiger partial charge in [0, 0.05) is 12.2 Å². The van der Waals surface area contributed by atoms with Crippen molar-refractivity contribution < 1.29 is 19.0 Å². The van der Waals surface area contributed by atoms with Gasteiger partial charge in [0.25, 0.3) is 0 Å². The summed E-state index contributed by atoms with van der Waals surface area (Å²) in [4.78, 5) is 11.9. The monoisotopic (exact) mass is 318 g/mol. The average Bonchev–Trinajstić information content (AvgIpc) is 2.55. The zero-order valence-electron chi connectivity index (χ0n) is 13.0. The number of rotatable bonds is 5. The lowest BCUT2D eigenvalue weighted by molar-refractivity contribution is 0.175. The van der Waals surface area contributed by atoms with Gasteiger partial charge in [-0.25, -0.2) is 9.18 Å². The minimum atomic E-state index is -0.904. The number of halogens is 1. The standard InChI is InChI=1S/C17H19FN2O3/c1-11-9-14(23-2)7-8-15(11)20-17(22)19-10-16(21)12-3-5-13(18)6-4-12/h3-9,16,21H,10H2,1-2H3,(H2,19,20,22). The van der Waals surface area contributed by atoms with Crippen LogP contribution in [-0.2, 0) is 0 Å². The van der Waals surface area contributed by atoms with E-state index in [0.717, 1.165) is 5.56 Å². The molecule has 0 aliphatic rings. The van der Waals surface area contributed by atoms with Crippen LogP contribution in [0.4, 0.5) is 14.9 Å². The zero-order valence-corrected chi connectivity index (χ0v) is 13.0. The van der Waals surface area contributed by atoms with Gasteiger partial charge in [0.2, 0.25) is 0 Å². The van der Waals surface area contributed by atoms with E-state index in [1.165, 1.54) is 24.3 Å². The first-order valence-corrected chi connectivity index (χ1v) is 7.12. The summed E-state index contributed by atoms with van der Waals surface area (Å²) in [7, 11) is 1.57. The smallest absolute Gasteiger partial charge is 0.319 e. The molecule has 0 saturated heterocycles. The van der Waals surface area contributed by atoms with E-state index >= 15 is 0 Å². The number of hydrogen-bond donors (Lipinski definition) is 3. The number of ether oxygens (including phenoxy) is 1. The summed E-state index contributed by atoms with van der Waals surface area (Å²) in [5.74, 6) is 0.335. The van der Waals surface area contributed by atoms with Crippen molar-refractivity contribution in [1.82, 2.24) is 5.32 Å². The number of hydrogen-bond acceptors (Lipinski definition) is 3. The highest BCUT2D eigenvalue weighted by Gasteiger charge is 2.10. The first-order chi connectivity index (χ1) is 11.0. The van der Waals surface area contributed by atoms with E-state index in [1.807, 2.05) is 13.0 Å². The maximum atomic E-state index is 12.8. The Hall–Kier alpha value is -2.60. The van der Waals surface area contributed by atoms with E-state index in [2.05, 4.69) is 10.6 Å². The molecule has 1 unspecified atom stereocenters. The van der Waals surface area contributed by atoms with Crippen molar-refractivity contribution in [1.29, 1.82) is 0 Å². The number of carbonyl (C=O) groups is 1. The third-order valence-electron chi connectivity index (χ3n) is 3.39. The number of aliphatic hydroxyl groups is 1. The molecule has 0 bridgehead atoms. The van der Waals surface area contributed by atoms with Gasteiger partial charge in [0.1, 0.15) is 11.6 Å². The maximum absolute atomic E-state index is 12.8. The van der Waals surface area contributed by atoms with Gasteiger partial charge in [0.15, 0.2) is 0 Å². The highest BCUT2D eigenvalue weighted by Crippen LogP contribution is 2.21. The number of carbonyl (C=O) groups excluding carboxylic acids is 1. The Kier molecular flexibility index (Phi) is 5.54. The van der Waals surface area contributed by atoms with E-state index in [1.54, 1.807) is 19.2 Å². The Bertz CT molecular complexity index is 674. The molecule has 0 fully saturated rings. The molecule has 122 valence electrons. The fraction of sp³-hybridized carbons (Fsp3) is 0.235. The molecule has 0 radical (unpaired) electrons. The molecule has 23 heavy (non-hydrogen) atoms. The van der Waals surface area contributed by atoms with Crippen LogP contribution in [0, 0.1) is 12.7 Å². The maximum Gasteiger partial charge on any atom is 0.319 e. The molecule has 1 atom stereocenters. The number of urea groups is 1. The van der Waals surface area contributed by atoms with Crippen molar-refractivity contribution in [2.24, 2.45) is 0 Å². The van der Waals surface area contributed by atoms with Crippen molar-refractivity contribution >= 4 is 11.7 Å². The molecular weight excluding hydrogens is 299 g/mol. The molecule has 2 rings (SSSR count). The first kappa shape index (κ1) is 16.8. The number of aryl methyl sites for hydroxylation is 1. The van der Waals surface area contributed by atoms with Gasteiger partial charge >= 0.3 is 6.03 Å². The predicted octanol–water partition coefficient (Wildman–Crippen LogP) is 3.00. The van der Waals surface area contributed by atoms with Gasteiger partial charge < -0.3 is 20.5 Å². The van der Waals surface area contributed by atoms with Gasteiger partial charge in [-0.05, 0) is 48.4 Å². The molecule has 0 aliphatic heterocycles. The molecular formula is C17H19FN2O3. The minimum absolute atomic E-state index is 0.0205. The SMILES string of the molecule is COc1ccc(NC(=O)NCC(O)c2ccc(F)cc2)c(C)c1. The highest BCUT2D eigenvalue weighted by atomic mass is 19.1. The van der Waals surface area contributed by atoms with Gasteiger partial charge in [-0.1, -0.05) is 12.1 Å². The van der Waals surface area contributed by atoms with Crippen LogP contribution in [0.15, 0.2) is 42.5 Å². The van der Waals surface area contributed by atoms with Crippen LogP contribution in [0.1, 0.15) is 17.2 Å². The molecule has 0 aromatic heterocycles. The van der Waals surface area contributed by atoms with E-state index in [-0.39, 0.29) is 12.4 Å². The molecule has 0 heterocycles. The van der Waals surface area contributed by atoms with E-state index in [0.29, 0.717) is 17.0 Å². The topological polar surface area (TPSA) is 70.6 Å². The second kappa shape index (κ2) is 7.60. The Labute approximate surface area is 134 Å². The summed E-state index contributed by atoms with van der Waals surface area (Å²) in [5, 5.41) is 15.2. The van der Waals surface area contributed by atoms with Crippen LogP contribution < -0.4 is 15.4 Å². The Morgan fingerprint density at radius 2 is 1.96 bits per heavy atom. The van der Waals surface area contributed by atoms with Crippen LogP contribution in [0.25, 0.3) is 0 Å². The zero-order chi connectivity index (χ0) is 16.8. The molecule has 6 heteroatoms. The van der Waals surface area contributed by atoms with Crippen LogP contribution in [0.2, 0.25) is 0 Å². The molecule has 5 nitrogen and oxygen atoms in total. The summed E-state index contributed by atoms with van der Waals surface area (Å²) in [6.45, 7) is 1.87. The highest BCUT2D eigenvalue weighted by molar-refractivity contribution is 5.90. The van der Waals surface area contributed by atoms with Crippen molar-refractivity contribution in [3.05, 3.63) is 59.4 Å². The summed E-state index contributed by atoms with van der Waals surface area (Å²) < 4.78 is 17.9. The predicted molar refractivity (Wildman–Crippen MR) is 86.1 cm³/mol. The third-order valence-corrected chi connectivity index (χ3v) is 3.39. The fourth-order valence-corrected chi connectivity index (χ4v) is 2.06. The number of aliphatic hydroxyl groups excluding tert-OH is 1. The van der Waals surface area contributed by atoms with E-state index < -0.39 is 12.1 Å². The fourth-order valence-electron chi connectivity index (χ4n) is 2.06. The summed E-state index contributed by atoms with van der Waals surface area (Å²) >= 11 is 0. The molecule has 2 amide bonds. The molecule has 2 aromatic rings. The number of anilines is 1. The second-order valence-corrected chi connectivity index (χ2v) is 5.08. The lowest BCUT2D eigenvalue weighted by Gasteiger charge is -2.14. The number of amides is 2. The van der Waals surface area contributed by atoms with Crippen molar-refractivity contribution in [3.63, 3.8) is 0 Å². The number of methoxy groups -OCH3 is 1. The lowest BCUT2D eigenvalue weighted by atomic mass is 10.1. The quantitative estimate of drug-likeness (QED) is 0.793. The first-order valence-electron chi connectivity index (χ1n) is 7.12. The van der Waals surface area contributed by atoms with Crippen LogP contribution >= 0.6 is 0 Å². The normalized spacial score (nSPS) is 11.7. The van der Waals surface area contributed by atoms with Gasteiger partial charge in [0.05, 0.1) is 13.2 Å². The molecule has 0 spiro atoms. The van der Waals surface area contributed by atoms with E-state index in [4.69, 9.17) is 4.74 Å². The van der Waals surface area contributed by atoms with Gasteiger partial charge in [-0.15, -0.1) is 0 Å². The summed E-state index contributed by atoms with van der Waals surface area (Å²) in [6, 6.07) is 10.3.